The molecule has 79 heavy (non-hydrogen) atoms. The average molecular weight is 1170 g/mol. The first-order valence-electron chi connectivity index (χ1n) is 31.5. The van der Waals surface area contributed by atoms with Gasteiger partial charge < -0.3 is 33.8 Å². The highest BCUT2D eigenvalue weighted by Gasteiger charge is 2.30. The number of aliphatic hydroxyl groups excluding tert-OH is 1. The van der Waals surface area contributed by atoms with Crippen molar-refractivity contribution in [2.75, 3.05) is 39.6 Å². The van der Waals surface area contributed by atoms with Crippen LogP contribution in [-0.4, -0.2) is 96.7 Å². The Hall–Kier alpha value is -1.94. The van der Waals surface area contributed by atoms with Crippen LogP contribution in [0.15, 0.2) is 0 Å². The highest BCUT2D eigenvalue weighted by molar-refractivity contribution is 7.47. The fourth-order valence-electron chi connectivity index (χ4n) is 8.82. The van der Waals surface area contributed by atoms with Crippen molar-refractivity contribution < 1.29 is 80.2 Å². The van der Waals surface area contributed by atoms with Gasteiger partial charge in [0.2, 0.25) is 0 Å². The molecule has 0 fully saturated rings. The van der Waals surface area contributed by atoms with Crippen LogP contribution in [0.25, 0.3) is 0 Å². The zero-order chi connectivity index (χ0) is 58.7. The van der Waals surface area contributed by atoms with Gasteiger partial charge in [-0.15, -0.1) is 0 Å². The van der Waals surface area contributed by atoms with Crippen LogP contribution < -0.4 is 0 Å². The lowest BCUT2D eigenvalue weighted by Crippen LogP contribution is -2.30. The number of hydrogen-bond acceptors (Lipinski definition) is 15. The number of hydrogen-bond donors (Lipinski definition) is 3. The van der Waals surface area contributed by atoms with Crippen LogP contribution in [-0.2, 0) is 65.4 Å². The minimum absolute atomic E-state index is 0.102. The van der Waals surface area contributed by atoms with Crippen LogP contribution in [0.4, 0.5) is 0 Å². The first kappa shape index (κ1) is 77.1. The summed E-state index contributed by atoms with van der Waals surface area (Å²) in [5.74, 6) is -0.729. The van der Waals surface area contributed by atoms with Gasteiger partial charge >= 0.3 is 39.5 Å². The molecule has 0 aromatic rings. The molecule has 3 N–H and O–H groups in total. The third kappa shape index (κ3) is 55.0. The monoisotopic (exact) mass is 1170 g/mol. The third-order valence-electron chi connectivity index (χ3n) is 13.7. The molecule has 468 valence electrons. The molecule has 17 nitrogen and oxygen atoms in total. The zero-order valence-corrected chi connectivity index (χ0v) is 52.4. The first-order valence-corrected chi connectivity index (χ1v) is 34.5. The predicted octanol–water partition coefficient (Wildman–Crippen LogP) is 16.1. The van der Waals surface area contributed by atoms with Crippen molar-refractivity contribution >= 4 is 39.5 Å². The Morgan fingerprint density at radius 3 is 0.861 bits per heavy atom. The molecule has 0 saturated heterocycles. The maximum atomic E-state index is 12.9. The van der Waals surface area contributed by atoms with Gasteiger partial charge in [-0.1, -0.05) is 241 Å². The molecule has 5 atom stereocenters. The normalized spacial score (nSPS) is 14.4. The van der Waals surface area contributed by atoms with Crippen molar-refractivity contribution in [3.05, 3.63) is 0 Å². The van der Waals surface area contributed by atoms with Crippen LogP contribution in [0.1, 0.15) is 292 Å². The SMILES string of the molecule is CCCCCCCCCCCCCCCC(=O)O[C@H](COC(=O)CCCCCCCCCCC(C)C)COP(=O)(O)OC[C@@H](O)COP(=O)(O)OC[C@@H](COC(=O)CCCCCCC)OC(=O)CCCCCCCCCC(C)C. The molecule has 0 aromatic carbocycles. The molecule has 0 spiro atoms. The Labute approximate surface area is 479 Å². The molecule has 0 aromatic heterocycles. The second-order valence-corrected chi connectivity index (χ2v) is 25.6. The Bertz CT molecular complexity index is 1560. The number of aliphatic hydroxyl groups is 1. The maximum Gasteiger partial charge on any atom is 0.472 e. The summed E-state index contributed by atoms with van der Waals surface area (Å²) in [5, 5.41) is 10.5. The van der Waals surface area contributed by atoms with Gasteiger partial charge in [0, 0.05) is 25.7 Å². The van der Waals surface area contributed by atoms with Gasteiger partial charge in [0.1, 0.15) is 19.3 Å². The van der Waals surface area contributed by atoms with E-state index in [1.54, 1.807) is 0 Å². The highest BCUT2D eigenvalue weighted by atomic mass is 31.2. The van der Waals surface area contributed by atoms with Gasteiger partial charge in [-0.25, -0.2) is 9.13 Å². The number of carbonyl (C=O) groups excluding carboxylic acids is 4. The Kier molecular flexibility index (Phi) is 51.5. The van der Waals surface area contributed by atoms with E-state index in [-0.39, 0.29) is 25.7 Å². The molecule has 0 bridgehead atoms. The Morgan fingerprint density at radius 2 is 0.582 bits per heavy atom. The number of unbranched alkanes of at least 4 members (excludes halogenated alkanes) is 29. The van der Waals surface area contributed by atoms with E-state index in [1.165, 1.54) is 103 Å². The lowest BCUT2D eigenvalue weighted by molar-refractivity contribution is -0.161. The average Bonchev–Trinajstić information content (AvgIpc) is 3.40. The van der Waals surface area contributed by atoms with Gasteiger partial charge in [-0.05, 0) is 37.5 Å². The fourth-order valence-corrected chi connectivity index (χ4v) is 10.4. The van der Waals surface area contributed by atoms with E-state index in [0.717, 1.165) is 102 Å². The molecule has 0 aliphatic carbocycles. The summed E-state index contributed by atoms with van der Waals surface area (Å²) in [4.78, 5) is 71.8. The van der Waals surface area contributed by atoms with Crippen LogP contribution in [0.3, 0.4) is 0 Å². The number of carbonyl (C=O) groups is 4. The fraction of sp³-hybridized carbons (Fsp3) is 0.933. The maximum absolute atomic E-state index is 12.9. The molecular weight excluding hydrogens is 1050 g/mol. The van der Waals surface area contributed by atoms with E-state index >= 15 is 0 Å². The molecule has 2 unspecified atom stereocenters. The second kappa shape index (κ2) is 52.8. The third-order valence-corrected chi connectivity index (χ3v) is 15.6. The van der Waals surface area contributed by atoms with E-state index in [1.807, 2.05) is 0 Å². The van der Waals surface area contributed by atoms with Crippen molar-refractivity contribution in [1.29, 1.82) is 0 Å². The van der Waals surface area contributed by atoms with Crippen molar-refractivity contribution in [2.24, 2.45) is 11.8 Å². The number of phosphoric ester groups is 2. The summed E-state index contributed by atoms with van der Waals surface area (Å²) < 4.78 is 67.6. The molecule has 0 aliphatic rings. The molecule has 0 aliphatic heterocycles. The quantitative estimate of drug-likeness (QED) is 0.0222. The summed E-state index contributed by atoms with van der Waals surface area (Å²) in [6, 6.07) is 0. The van der Waals surface area contributed by atoms with Crippen LogP contribution >= 0.6 is 15.6 Å². The summed E-state index contributed by atoms with van der Waals surface area (Å²) in [5.41, 5.74) is 0. The predicted molar refractivity (Wildman–Crippen MR) is 312 cm³/mol. The number of phosphoric acid groups is 2. The minimum Gasteiger partial charge on any atom is -0.462 e. The summed E-state index contributed by atoms with van der Waals surface area (Å²) in [6.07, 6.45) is 33.9. The van der Waals surface area contributed by atoms with E-state index in [0.29, 0.717) is 31.6 Å². The lowest BCUT2D eigenvalue weighted by Gasteiger charge is -2.21. The molecule has 19 heteroatoms. The summed E-state index contributed by atoms with van der Waals surface area (Å²) >= 11 is 0. The first-order chi connectivity index (χ1) is 37.9. The molecule has 0 saturated carbocycles. The standard InChI is InChI=1S/C60H116O17P2/c1-7-9-11-13-14-15-16-17-18-19-26-32-38-44-59(64)77-56(49-71-58(63)43-37-31-25-21-20-23-29-34-40-52(3)4)51-75-79(68,69)73-47-54(61)46-72-78(66,67)74-50-55(48-70-57(62)42-36-28-12-10-8-2)76-60(65)45-39-33-27-22-24-30-35-41-53(5)6/h52-56,61H,7-51H2,1-6H3,(H,66,67)(H,68,69)/t54-,55+,56+/m0/s1. The van der Waals surface area contributed by atoms with E-state index in [9.17, 15) is 43.2 Å². The van der Waals surface area contributed by atoms with Crippen molar-refractivity contribution in [3.8, 4) is 0 Å². The summed E-state index contributed by atoms with van der Waals surface area (Å²) in [7, 11) is -9.87. The van der Waals surface area contributed by atoms with Crippen molar-refractivity contribution in [1.82, 2.24) is 0 Å². The van der Waals surface area contributed by atoms with Gasteiger partial charge in [-0.2, -0.15) is 0 Å². The summed E-state index contributed by atoms with van der Waals surface area (Å²) in [6.45, 7) is 9.28. The van der Waals surface area contributed by atoms with E-state index in [4.69, 9.17) is 37.0 Å². The van der Waals surface area contributed by atoms with Crippen LogP contribution in [0.2, 0.25) is 0 Å². The van der Waals surface area contributed by atoms with Crippen LogP contribution in [0.5, 0.6) is 0 Å². The number of esters is 4. The Morgan fingerprint density at radius 1 is 0.342 bits per heavy atom. The molecule has 0 radical (unpaired) electrons. The van der Waals surface area contributed by atoms with Crippen LogP contribution in [0, 0.1) is 11.8 Å². The zero-order valence-electron chi connectivity index (χ0n) is 50.7. The second-order valence-electron chi connectivity index (χ2n) is 22.7. The lowest BCUT2D eigenvalue weighted by atomic mass is 10.0. The molecule has 0 rings (SSSR count). The van der Waals surface area contributed by atoms with Gasteiger partial charge in [0.05, 0.1) is 26.4 Å². The van der Waals surface area contributed by atoms with Crippen molar-refractivity contribution in [3.63, 3.8) is 0 Å². The largest absolute Gasteiger partial charge is 0.472 e. The topological polar surface area (TPSA) is 237 Å². The highest BCUT2D eigenvalue weighted by Crippen LogP contribution is 2.45. The Balaban J connectivity index is 5.19. The van der Waals surface area contributed by atoms with Gasteiger partial charge in [0.15, 0.2) is 12.2 Å². The van der Waals surface area contributed by atoms with E-state index in [2.05, 4.69) is 41.5 Å². The van der Waals surface area contributed by atoms with Gasteiger partial charge in [0.25, 0.3) is 0 Å². The molecule has 0 heterocycles. The van der Waals surface area contributed by atoms with Crippen molar-refractivity contribution in [2.45, 2.75) is 310 Å². The molecular formula is C60H116O17P2. The number of ether oxygens (including phenoxy) is 4. The van der Waals surface area contributed by atoms with Gasteiger partial charge in [-0.3, -0.25) is 37.3 Å². The smallest absolute Gasteiger partial charge is 0.462 e. The minimum atomic E-state index is -4.94. The number of rotatable bonds is 59. The molecule has 0 amide bonds. The van der Waals surface area contributed by atoms with E-state index < -0.39 is 97.5 Å².